The van der Waals surface area contributed by atoms with Gasteiger partial charge in [0.1, 0.15) is 12.4 Å². The van der Waals surface area contributed by atoms with Crippen LogP contribution in [0.3, 0.4) is 0 Å². The third kappa shape index (κ3) is 4.91. The van der Waals surface area contributed by atoms with E-state index in [1.165, 1.54) is 38.1 Å². The van der Waals surface area contributed by atoms with Crippen LogP contribution >= 0.6 is 11.8 Å². The Bertz CT molecular complexity index is 594. The molecule has 0 aromatic carbocycles. The zero-order chi connectivity index (χ0) is 18.4. The molecule has 3 heterocycles. The molecule has 1 N–H and O–H groups in total. The lowest BCUT2D eigenvalue weighted by atomic mass is 10.2. The van der Waals surface area contributed by atoms with E-state index in [0.717, 1.165) is 43.7 Å². The van der Waals surface area contributed by atoms with E-state index >= 15 is 0 Å². The smallest absolute Gasteiger partial charge is 0.194 e. The van der Waals surface area contributed by atoms with E-state index in [-0.39, 0.29) is 0 Å². The van der Waals surface area contributed by atoms with Crippen molar-refractivity contribution in [2.75, 3.05) is 44.7 Å². The largest absolute Gasteiger partial charge is 0.356 e. The number of nitrogens with zero attached hydrogens (tertiary/aromatic N) is 6. The molecule has 146 valence electrons. The van der Waals surface area contributed by atoms with Crippen LogP contribution in [-0.4, -0.2) is 81.3 Å². The number of hydrogen-bond acceptors (Lipinski definition) is 5. The minimum Gasteiger partial charge on any atom is -0.356 e. The Labute approximate surface area is 161 Å². The van der Waals surface area contributed by atoms with Crippen molar-refractivity contribution >= 4 is 17.7 Å². The van der Waals surface area contributed by atoms with Crippen molar-refractivity contribution in [3.05, 3.63) is 11.6 Å². The highest BCUT2D eigenvalue weighted by atomic mass is 32.2. The first-order valence-electron chi connectivity index (χ1n) is 9.80. The lowest BCUT2D eigenvalue weighted by molar-refractivity contribution is 0.249. The first-order chi connectivity index (χ1) is 12.7. The number of aromatic nitrogens is 3. The van der Waals surface area contributed by atoms with Crippen LogP contribution in [0.2, 0.25) is 0 Å². The molecule has 8 heteroatoms. The van der Waals surface area contributed by atoms with Crippen LogP contribution in [-0.2, 0) is 13.6 Å². The molecule has 2 fully saturated rings. The van der Waals surface area contributed by atoms with Gasteiger partial charge in [0, 0.05) is 32.7 Å². The Hall–Kier alpha value is -1.28. The molecule has 1 atom stereocenters. The molecule has 2 aliphatic rings. The molecule has 7 nitrogen and oxygen atoms in total. The Morgan fingerprint density at radius 3 is 2.77 bits per heavy atom. The highest BCUT2D eigenvalue weighted by Crippen LogP contribution is 2.20. The highest BCUT2D eigenvalue weighted by molar-refractivity contribution is 7.98. The molecule has 3 rings (SSSR count). The zero-order valence-corrected chi connectivity index (χ0v) is 17.3. The molecule has 2 saturated heterocycles. The van der Waals surface area contributed by atoms with Crippen LogP contribution in [0.15, 0.2) is 4.99 Å². The summed E-state index contributed by atoms with van der Waals surface area (Å²) in [4.78, 5) is 9.99. The van der Waals surface area contributed by atoms with Crippen LogP contribution in [0, 0.1) is 6.92 Å². The number of likely N-dealkylation sites (tertiary alicyclic amines) is 2. The van der Waals surface area contributed by atoms with Crippen LogP contribution in [0.4, 0.5) is 0 Å². The first kappa shape index (κ1) is 19.5. The maximum atomic E-state index is 4.89. The molecule has 1 aromatic heterocycles. The lowest BCUT2D eigenvalue weighted by Gasteiger charge is -2.25. The minimum atomic E-state index is 0.576. The fourth-order valence-electron chi connectivity index (χ4n) is 3.76. The number of thioether (sulfide) groups is 1. The molecule has 0 spiro atoms. The monoisotopic (exact) mass is 379 g/mol. The van der Waals surface area contributed by atoms with E-state index < -0.39 is 0 Å². The van der Waals surface area contributed by atoms with E-state index in [9.17, 15) is 0 Å². The standard InChI is InChI=1S/C18H33N7S/c1-15-21-22-17(23(15)2)13-20-18(19-8-6-12-26-3)25-11-7-16(14-25)24-9-4-5-10-24/h16H,4-14H2,1-3H3,(H,19,20). The summed E-state index contributed by atoms with van der Waals surface area (Å²) in [6, 6.07) is 0.688. The molecule has 26 heavy (non-hydrogen) atoms. The maximum absolute atomic E-state index is 4.89. The van der Waals surface area contributed by atoms with Gasteiger partial charge >= 0.3 is 0 Å². The van der Waals surface area contributed by atoms with E-state index in [4.69, 9.17) is 4.99 Å². The van der Waals surface area contributed by atoms with Crippen molar-refractivity contribution in [2.24, 2.45) is 12.0 Å². The van der Waals surface area contributed by atoms with Crippen molar-refractivity contribution in [2.45, 2.75) is 45.2 Å². The predicted molar refractivity (Wildman–Crippen MR) is 109 cm³/mol. The second-order valence-electron chi connectivity index (χ2n) is 7.27. The van der Waals surface area contributed by atoms with Gasteiger partial charge in [0.05, 0.1) is 0 Å². The molecule has 0 amide bonds. The molecule has 0 bridgehead atoms. The lowest BCUT2D eigenvalue weighted by Crippen LogP contribution is -2.43. The Morgan fingerprint density at radius 2 is 2.08 bits per heavy atom. The van der Waals surface area contributed by atoms with Gasteiger partial charge in [-0.1, -0.05) is 0 Å². The summed E-state index contributed by atoms with van der Waals surface area (Å²) in [6.45, 7) is 8.24. The topological polar surface area (TPSA) is 61.6 Å². The summed E-state index contributed by atoms with van der Waals surface area (Å²) in [7, 11) is 2.00. The molecule has 0 saturated carbocycles. The summed E-state index contributed by atoms with van der Waals surface area (Å²) < 4.78 is 2.02. The van der Waals surface area contributed by atoms with E-state index in [1.54, 1.807) is 0 Å². The van der Waals surface area contributed by atoms with E-state index in [2.05, 4.69) is 31.6 Å². The van der Waals surface area contributed by atoms with Gasteiger partial charge in [-0.2, -0.15) is 11.8 Å². The second-order valence-corrected chi connectivity index (χ2v) is 8.25. The van der Waals surface area contributed by atoms with Gasteiger partial charge in [0.25, 0.3) is 0 Å². The van der Waals surface area contributed by atoms with Gasteiger partial charge < -0.3 is 14.8 Å². The normalized spacial score (nSPS) is 21.7. The van der Waals surface area contributed by atoms with Gasteiger partial charge in [-0.05, 0) is 57.7 Å². The number of nitrogens with one attached hydrogen (secondary N) is 1. The molecule has 1 aromatic rings. The summed E-state index contributed by atoms with van der Waals surface area (Å²) >= 11 is 1.90. The number of guanidine groups is 1. The highest BCUT2D eigenvalue weighted by Gasteiger charge is 2.30. The summed E-state index contributed by atoms with van der Waals surface area (Å²) in [5, 5.41) is 12.0. The van der Waals surface area contributed by atoms with Crippen LogP contribution in [0.1, 0.15) is 37.3 Å². The van der Waals surface area contributed by atoms with Crippen molar-refractivity contribution < 1.29 is 0 Å². The molecule has 0 aliphatic carbocycles. The number of aryl methyl sites for hydroxylation is 1. The number of aliphatic imine (C=N–C) groups is 1. The van der Waals surface area contributed by atoms with Gasteiger partial charge in [0.2, 0.25) is 0 Å². The summed E-state index contributed by atoms with van der Waals surface area (Å²) in [5.41, 5.74) is 0. The number of rotatable bonds is 7. The zero-order valence-electron chi connectivity index (χ0n) is 16.4. The van der Waals surface area contributed by atoms with Crippen LogP contribution in [0.5, 0.6) is 0 Å². The van der Waals surface area contributed by atoms with Crippen molar-refractivity contribution in [3.63, 3.8) is 0 Å². The van der Waals surface area contributed by atoms with Gasteiger partial charge in [-0.3, -0.25) is 4.90 Å². The quantitative estimate of drug-likeness (QED) is 0.440. The Morgan fingerprint density at radius 1 is 1.27 bits per heavy atom. The fourth-order valence-corrected chi connectivity index (χ4v) is 4.19. The molecular weight excluding hydrogens is 346 g/mol. The number of hydrogen-bond donors (Lipinski definition) is 1. The predicted octanol–water partition coefficient (Wildman–Crippen LogP) is 1.49. The summed E-state index contributed by atoms with van der Waals surface area (Å²) in [6.07, 6.45) is 7.28. The fraction of sp³-hybridized carbons (Fsp3) is 0.833. The van der Waals surface area contributed by atoms with Gasteiger partial charge in [-0.25, -0.2) is 4.99 Å². The Balaban J connectivity index is 1.62. The average molecular weight is 380 g/mol. The maximum Gasteiger partial charge on any atom is 0.194 e. The average Bonchev–Trinajstić information content (AvgIpc) is 3.38. The van der Waals surface area contributed by atoms with Gasteiger partial charge in [0.15, 0.2) is 11.8 Å². The minimum absolute atomic E-state index is 0.576. The van der Waals surface area contributed by atoms with Gasteiger partial charge in [-0.15, -0.1) is 10.2 Å². The van der Waals surface area contributed by atoms with Crippen molar-refractivity contribution in [3.8, 4) is 0 Å². The van der Waals surface area contributed by atoms with Crippen LogP contribution < -0.4 is 5.32 Å². The second kappa shape index (κ2) is 9.60. The first-order valence-corrected chi connectivity index (χ1v) is 11.2. The van der Waals surface area contributed by atoms with Crippen LogP contribution in [0.25, 0.3) is 0 Å². The molecule has 0 radical (unpaired) electrons. The van der Waals surface area contributed by atoms with Crippen molar-refractivity contribution in [1.29, 1.82) is 0 Å². The summed E-state index contributed by atoms with van der Waals surface area (Å²) in [5.74, 6) is 4.06. The van der Waals surface area contributed by atoms with Crippen molar-refractivity contribution in [1.82, 2.24) is 29.9 Å². The third-order valence-corrected chi connectivity index (χ3v) is 6.18. The Kier molecular flexibility index (Phi) is 7.19. The SMILES string of the molecule is CSCCCNC(=NCc1nnc(C)n1C)N1CCC(N2CCCC2)C1. The molecular formula is C18H33N7S. The third-order valence-electron chi connectivity index (χ3n) is 5.48. The van der Waals surface area contributed by atoms with E-state index in [0.29, 0.717) is 12.6 Å². The van der Waals surface area contributed by atoms with E-state index in [1.807, 2.05) is 30.3 Å². The molecule has 1 unspecified atom stereocenters. The molecule has 2 aliphatic heterocycles.